The van der Waals surface area contributed by atoms with Crippen molar-refractivity contribution in [3.05, 3.63) is 234 Å². The van der Waals surface area contributed by atoms with Gasteiger partial charge < -0.3 is 44.5 Å². The van der Waals surface area contributed by atoms with Crippen molar-refractivity contribution in [2.75, 3.05) is 42.1 Å². The van der Waals surface area contributed by atoms with Gasteiger partial charge in [0, 0.05) is 81.2 Å². The standard InChI is InChI=1S/C28H24N4O2S2.C21H19N3S2.C20H28BNO4.C14H8IN3S2/c33-28(34-17-19-6-2-1-3-7-19)32-13-5-4-8-20(16-32)26-15-22-23(11-12-29-27(22)36-26)31-21-9-10-25-24(14-21)30-18-35-25;1-2-4-6-14(5-3-1)20-12-16-17(9-10-22-21(16)26-20)24-15-7-8-19-18(11-15)23-13-25-19;1-19(2)20(3,4)26-21(25-19)17-12-8-9-13-22(14-17)18(23)24-15-16-10-6-5-7-11-16;15-13-6-9-10(3-4-16-14(9)20-13)18-8-1-2-12-11(5-8)17-7-19-12/h1-3,6-12,14-15,18H,4-5,13,16-17H2,(H,29,31);5,7-13H,1-4,6H2,(H,22,24);5-7,10-12H,8-9,13-15H2,1-4H3;1-7H,(H,16,18). The van der Waals surface area contributed by atoms with Crippen molar-refractivity contribution in [3.8, 4) is 0 Å². The highest BCUT2D eigenvalue weighted by Gasteiger charge is 2.52. The molecule has 14 aromatic rings. The Morgan fingerprint density at radius 3 is 1.42 bits per heavy atom. The summed E-state index contributed by atoms with van der Waals surface area (Å²) in [4.78, 5) is 61.4. The number of amides is 2. The fourth-order valence-electron chi connectivity index (χ4n) is 13.1. The van der Waals surface area contributed by atoms with Crippen LogP contribution in [0, 0.1) is 2.88 Å². The van der Waals surface area contributed by atoms with Gasteiger partial charge in [0.2, 0.25) is 0 Å². The molecule has 0 radical (unpaired) electrons. The van der Waals surface area contributed by atoms with Gasteiger partial charge in [-0.2, -0.15) is 0 Å². The summed E-state index contributed by atoms with van der Waals surface area (Å²) in [7, 11) is -0.414. The fraction of sp³-hybridized carbons (Fsp3) is 0.253. The second-order valence-electron chi connectivity index (χ2n) is 27.6. The summed E-state index contributed by atoms with van der Waals surface area (Å²) in [5, 5.41) is 14.0. The van der Waals surface area contributed by atoms with E-state index in [-0.39, 0.29) is 36.6 Å². The summed E-state index contributed by atoms with van der Waals surface area (Å²) in [5.74, 6) is 0. The molecule has 0 unspecified atom stereocenters. The average Bonchev–Trinajstić information content (AvgIpc) is 1.63. The van der Waals surface area contributed by atoms with E-state index in [1.54, 1.807) is 61.6 Å². The highest BCUT2D eigenvalue weighted by Crippen LogP contribution is 2.42. The minimum absolute atomic E-state index is 0.273. The molecule has 0 saturated carbocycles. The van der Waals surface area contributed by atoms with E-state index >= 15 is 0 Å². The van der Waals surface area contributed by atoms with Crippen molar-refractivity contribution in [1.29, 1.82) is 0 Å². The van der Waals surface area contributed by atoms with Gasteiger partial charge in [-0.05, 0) is 220 Å². The van der Waals surface area contributed by atoms with Crippen LogP contribution in [0.15, 0.2) is 210 Å². The molecule has 548 valence electrons. The number of thiophene rings is 3. The third-order valence-electron chi connectivity index (χ3n) is 19.6. The maximum absolute atomic E-state index is 12.9. The summed E-state index contributed by atoms with van der Waals surface area (Å²) in [6.45, 7) is 11.1. The lowest BCUT2D eigenvalue weighted by atomic mass is 9.77. The maximum atomic E-state index is 12.9. The Bertz CT molecular complexity index is 5580. The van der Waals surface area contributed by atoms with E-state index in [0.717, 1.165) is 123 Å². The zero-order chi connectivity index (χ0) is 74.0. The van der Waals surface area contributed by atoms with Crippen LogP contribution in [0.4, 0.5) is 43.7 Å². The summed E-state index contributed by atoms with van der Waals surface area (Å²) >= 11 is 12.5. The maximum Gasteiger partial charge on any atom is 0.492 e. The topological polar surface area (TPSA) is 191 Å². The molecule has 18 rings (SSSR count). The van der Waals surface area contributed by atoms with Crippen molar-refractivity contribution in [3.63, 3.8) is 0 Å². The van der Waals surface area contributed by atoms with Crippen molar-refractivity contribution >= 4 is 216 Å². The Hall–Kier alpha value is -9.03. The third kappa shape index (κ3) is 18.1. The number of allylic oxidation sites excluding steroid dienone is 4. The number of carbonyl (C=O) groups excluding carboxylic acids is 2. The molecule has 0 spiro atoms. The zero-order valence-electron chi connectivity index (χ0n) is 60.2. The summed E-state index contributed by atoms with van der Waals surface area (Å²) in [6.07, 6.45) is 21.8. The van der Waals surface area contributed by atoms with Crippen molar-refractivity contribution in [1.82, 2.24) is 39.7 Å². The van der Waals surface area contributed by atoms with Crippen LogP contribution >= 0.6 is 90.6 Å². The minimum Gasteiger partial charge on any atom is -0.445 e. The number of fused-ring (bicyclic) bond motifs is 6. The van der Waals surface area contributed by atoms with Crippen LogP contribution in [0.25, 0.3) is 72.4 Å². The highest BCUT2D eigenvalue weighted by molar-refractivity contribution is 14.1. The molecule has 4 aliphatic rings. The Morgan fingerprint density at radius 2 is 0.917 bits per heavy atom. The summed E-state index contributed by atoms with van der Waals surface area (Å²) in [5.41, 5.74) is 19.9. The van der Waals surface area contributed by atoms with Crippen molar-refractivity contribution in [2.24, 2.45) is 0 Å². The van der Waals surface area contributed by atoms with Crippen LogP contribution in [0.3, 0.4) is 0 Å². The second kappa shape index (κ2) is 34.3. The molecule has 0 bridgehead atoms. The number of thiazole rings is 3. The van der Waals surface area contributed by atoms with Gasteiger partial charge in [-0.3, -0.25) is 0 Å². The van der Waals surface area contributed by atoms with E-state index in [0.29, 0.717) is 26.2 Å². The van der Waals surface area contributed by atoms with Gasteiger partial charge in [0.25, 0.3) is 0 Å². The Kier molecular flexibility index (Phi) is 23.6. The van der Waals surface area contributed by atoms with Gasteiger partial charge in [-0.15, -0.1) is 68.0 Å². The number of hydrogen-bond acceptors (Lipinski definition) is 21. The number of ether oxygens (including phenoxy) is 2. The SMILES string of the molecule is C1=C(c2cc3c(Nc4ccc5scnc5c4)ccnc3s2)CCCCC1.CC1(C)OB(C2=CCCCN(C(=O)OCc3ccccc3)C2)OC1(C)C.Ic1cc2c(Nc3ccc4scnc4c3)ccnc2s1.O=C(OCc1ccccc1)N1CCCC=C(c2cc3c(Nc4ccc5scnc5c4)ccnc3s2)C1. The number of anilines is 6. The molecule has 5 aromatic carbocycles. The summed E-state index contributed by atoms with van der Waals surface area (Å²) in [6, 6.07) is 51.1. The molecule has 1 aliphatic carbocycles. The van der Waals surface area contributed by atoms with E-state index in [4.69, 9.17) is 18.8 Å². The number of nitrogens with one attached hydrogen (secondary N) is 3. The van der Waals surface area contributed by atoms with Gasteiger partial charge >= 0.3 is 19.3 Å². The minimum atomic E-state index is -0.414. The number of halogens is 1. The van der Waals surface area contributed by atoms with Crippen LogP contribution in [0.2, 0.25) is 0 Å². The number of nitrogens with zero attached hydrogens (tertiary/aromatic N) is 8. The molecule has 2 amide bonds. The largest absolute Gasteiger partial charge is 0.492 e. The molecular formula is C83H79BIN11O6S6. The molecular weight excluding hydrogens is 1580 g/mol. The lowest BCUT2D eigenvalue weighted by Gasteiger charge is -2.32. The van der Waals surface area contributed by atoms with E-state index in [1.165, 1.54) is 70.3 Å². The number of aromatic nitrogens is 6. The molecule has 1 saturated heterocycles. The molecule has 3 aliphatic heterocycles. The lowest BCUT2D eigenvalue weighted by molar-refractivity contribution is 0.00578. The van der Waals surface area contributed by atoms with Crippen LogP contribution in [-0.4, -0.2) is 96.4 Å². The van der Waals surface area contributed by atoms with Crippen molar-refractivity contribution < 1.29 is 28.4 Å². The van der Waals surface area contributed by atoms with E-state index in [9.17, 15) is 9.59 Å². The third-order valence-corrected chi connectivity index (χ3v) is 26.0. The van der Waals surface area contributed by atoms with Crippen LogP contribution in [0.1, 0.15) is 106 Å². The molecule has 17 nitrogen and oxygen atoms in total. The highest BCUT2D eigenvalue weighted by atomic mass is 127. The molecule has 25 heteroatoms. The first-order valence-corrected chi connectivity index (χ1v) is 42.3. The normalized spacial score (nSPS) is 15.7. The van der Waals surface area contributed by atoms with Gasteiger partial charge in [0.15, 0.2) is 0 Å². The van der Waals surface area contributed by atoms with E-state index in [1.807, 2.05) is 152 Å². The molecule has 3 N–H and O–H groups in total. The molecule has 9 aromatic heterocycles. The number of benzene rings is 5. The zero-order valence-corrected chi connectivity index (χ0v) is 67.2. The number of carbonyl (C=O) groups is 2. The van der Waals surface area contributed by atoms with Crippen LogP contribution in [-0.2, 0) is 32.0 Å². The Labute approximate surface area is 665 Å². The van der Waals surface area contributed by atoms with E-state index in [2.05, 4.69) is 166 Å². The lowest BCUT2D eigenvalue weighted by Crippen LogP contribution is -2.41. The predicted molar refractivity (Wildman–Crippen MR) is 458 cm³/mol. The van der Waals surface area contributed by atoms with Gasteiger partial charge in [-0.25, -0.2) is 39.5 Å². The van der Waals surface area contributed by atoms with Gasteiger partial charge in [-0.1, -0.05) is 85.3 Å². The van der Waals surface area contributed by atoms with Crippen molar-refractivity contribution in [2.45, 2.75) is 110 Å². The van der Waals surface area contributed by atoms with Gasteiger partial charge in [0.05, 0.1) is 84.9 Å². The Balaban J connectivity index is 0.000000117. The Morgan fingerprint density at radius 1 is 0.481 bits per heavy atom. The quantitative estimate of drug-likeness (QED) is 0.0729. The molecule has 1 fully saturated rings. The van der Waals surface area contributed by atoms with Crippen LogP contribution in [0.5, 0.6) is 0 Å². The first-order chi connectivity index (χ1) is 52.7. The first-order valence-electron chi connectivity index (χ1n) is 36.1. The van der Waals surface area contributed by atoms with Crippen LogP contribution < -0.4 is 16.0 Å². The smallest absolute Gasteiger partial charge is 0.445 e. The monoisotopic (exact) mass is 1660 g/mol. The van der Waals surface area contributed by atoms with E-state index < -0.39 is 7.12 Å². The second-order valence-corrected chi connectivity index (χ2v) is 35.3. The molecule has 108 heavy (non-hydrogen) atoms. The average molecular weight is 1660 g/mol. The summed E-state index contributed by atoms with van der Waals surface area (Å²) < 4.78 is 28.2. The first kappa shape index (κ1) is 74.4. The molecule has 12 heterocycles. The fourth-order valence-corrected chi connectivity index (χ4v) is 18.9. The predicted octanol–water partition coefficient (Wildman–Crippen LogP) is 23.7. The number of rotatable bonds is 13. The molecule has 0 atom stereocenters. The number of pyridine rings is 3. The van der Waals surface area contributed by atoms with Gasteiger partial charge in [0.1, 0.15) is 27.7 Å². The number of hydrogen-bond donors (Lipinski definition) is 3.